The lowest BCUT2D eigenvalue weighted by atomic mass is 9.88. The lowest BCUT2D eigenvalue weighted by molar-refractivity contribution is 0.422. The van der Waals surface area contributed by atoms with Crippen molar-refractivity contribution in [2.45, 2.75) is 58.8 Å². The zero-order valence-corrected chi connectivity index (χ0v) is 19.2. The predicted molar refractivity (Wildman–Crippen MR) is 131 cm³/mol. The highest BCUT2D eigenvalue weighted by atomic mass is 16.3. The van der Waals surface area contributed by atoms with E-state index < -0.39 is 0 Å². The van der Waals surface area contributed by atoms with Crippen molar-refractivity contribution in [1.82, 2.24) is 9.97 Å². The Labute approximate surface area is 190 Å². The number of hydrogen-bond acceptors (Lipinski definition) is 5. The van der Waals surface area contributed by atoms with Crippen molar-refractivity contribution < 1.29 is 5.11 Å². The second kappa shape index (κ2) is 10.8. The molecular formula is C26H33N5O. The van der Waals surface area contributed by atoms with Crippen LogP contribution in [0.2, 0.25) is 0 Å². The van der Waals surface area contributed by atoms with E-state index in [4.69, 9.17) is 11.1 Å². The van der Waals surface area contributed by atoms with Crippen LogP contribution in [-0.2, 0) is 0 Å². The molecule has 0 radical (unpaired) electrons. The smallest absolute Gasteiger partial charge is 0.180 e. The van der Waals surface area contributed by atoms with Gasteiger partial charge in [-0.1, -0.05) is 54.7 Å². The molecule has 5 N–H and O–H groups in total. The van der Waals surface area contributed by atoms with E-state index in [0.717, 1.165) is 24.4 Å². The number of nitrogens with two attached hydrogens (primary N) is 1. The van der Waals surface area contributed by atoms with E-state index in [1.807, 2.05) is 12.1 Å². The summed E-state index contributed by atoms with van der Waals surface area (Å²) in [5.74, 6) is 1.72. The fourth-order valence-electron chi connectivity index (χ4n) is 3.73. The molecule has 1 aromatic heterocycles. The van der Waals surface area contributed by atoms with Crippen molar-refractivity contribution in [3.63, 3.8) is 0 Å². The van der Waals surface area contributed by atoms with Crippen LogP contribution in [0.3, 0.4) is 0 Å². The SMILES string of the molecule is Cc1ccc(C)cc1.Cc1nc(C2CCCCC2)nc(Nc2ccc(C(=N)N)cc2)c1O. The number of nitrogen functional groups attached to an aromatic ring is 1. The molecule has 0 bridgehead atoms. The Hall–Kier alpha value is -3.41. The maximum Gasteiger partial charge on any atom is 0.180 e. The topological polar surface area (TPSA) is 108 Å². The fraction of sp³-hybridized carbons (Fsp3) is 0.346. The molecule has 0 aliphatic heterocycles. The molecule has 32 heavy (non-hydrogen) atoms. The van der Waals surface area contributed by atoms with Crippen LogP contribution in [0.4, 0.5) is 11.5 Å². The van der Waals surface area contributed by atoms with Crippen LogP contribution in [0.5, 0.6) is 5.75 Å². The Bertz CT molecular complexity index is 1020. The number of nitrogens with one attached hydrogen (secondary N) is 2. The van der Waals surface area contributed by atoms with E-state index in [1.165, 1.54) is 30.4 Å². The molecule has 2 aromatic carbocycles. The summed E-state index contributed by atoms with van der Waals surface area (Å²) < 4.78 is 0. The van der Waals surface area contributed by atoms with Crippen LogP contribution in [-0.4, -0.2) is 20.9 Å². The van der Waals surface area contributed by atoms with Gasteiger partial charge in [0.05, 0.1) is 5.69 Å². The average molecular weight is 432 g/mol. The first-order valence-electron chi connectivity index (χ1n) is 11.2. The highest BCUT2D eigenvalue weighted by molar-refractivity contribution is 5.95. The van der Waals surface area contributed by atoms with E-state index in [1.54, 1.807) is 19.1 Å². The number of amidine groups is 1. The standard InChI is InChI=1S/C18H23N5O.C8H10/c1-11-15(24)18(22-14-9-7-12(8-10-14)16(19)20)23-17(21-11)13-5-3-2-4-6-13;1-7-3-5-8(2)6-4-7/h7-10,13,24H,2-6H2,1H3,(H3,19,20)(H,21,22,23);3-6H,1-2H3. The fourth-order valence-corrected chi connectivity index (χ4v) is 3.73. The normalized spacial score (nSPS) is 13.7. The molecule has 0 atom stereocenters. The van der Waals surface area contributed by atoms with E-state index in [0.29, 0.717) is 23.0 Å². The van der Waals surface area contributed by atoms with Gasteiger partial charge in [-0.3, -0.25) is 5.41 Å². The molecule has 1 aliphatic carbocycles. The van der Waals surface area contributed by atoms with Crippen LogP contribution in [0.25, 0.3) is 0 Å². The van der Waals surface area contributed by atoms with Gasteiger partial charge in [-0.2, -0.15) is 0 Å². The van der Waals surface area contributed by atoms with Gasteiger partial charge in [-0.25, -0.2) is 9.97 Å². The Kier molecular flexibility index (Phi) is 7.82. The second-order valence-electron chi connectivity index (χ2n) is 8.47. The molecule has 1 aliphatic rings. The Morgan fingerprint density at radius 3 is 2.00 bits per heavy atom. The molecule has 4 rings (SSSR count). The Balaban J connectivity index is 0.000000305. The number of anilines is 2. The predicted octanol–water partition coefficient (Wildman–Crippen LogP) is 5.87. The van der Waals surface area contributed by atoms with E-state index in [9.17, 15) is 5.11 Å². The maximum absolute atomic E-state index is 10.3. The van der Waals surface area contributed by atoms with Gasteiger partial charge in [0, 0.05) is 17.2 Å². The second-order valence-corrected chi connectivity index (χ2v) is 8.47. The highest BCUT2D eigenvalue weighted by Crippen LogP contribution is 2.34. The number of aromatic nitrogens is 2. The number of rotatable bonds is 4. The molecule has 0 amide bonds. The van der Waals surface area contributed by atoms with Crippen molar-refractivity contribution in [3.8, 4) is 5.75 Å². The summed E-state index contributed by atoms with van der Waals surface area (Å²) in [6.45, 7) is 5.99. The summed E-state index contributed by atoms with van der Waals surface area (Å²) in [5, 5.41) is 20.9. The monoisotopic (exact) mass is 431 g/mol. The van der Waals surface area contributed by atoms with Gasteiger partial charge in [0.15, 0.2) is 11.6 Å². The molecule has 6 heteroatoms. The van der Waals surface area contributed by atoms with Crippen LogP contribution in [0.1, 0.15) is 66.2 Å². The summed E-state index contributed by atoms with van der Waals surface area (Å²) in [5.41, 5.74) is 10.2. The number of hydrogen-bond donors (Lipinski definition) is 4. The third-order valence-electron chi connectivity index (χ3n) is 5.72. The summed E-state index contributed by atoms with van der Waals surface area (Å²) in [6.07, 6.45) is 5.92. The largest absolute Gasteiger partial charge is 0.503 e. The van der Waals surface area contributed by atoms with Gasteiger partial charge in [-0.05, 0) is 57.9 Å². The van der Waals surface area contributed by atoms with Gasteiger partial charge in [0.1, 0.15) is 11.7 Å². The molecule has 0 spiro atoms. The third kappa shape index (κ3) is 6.30. The summed E-state index contributed by atoms with van der Waals surface area (Å²) >= 11 is 0. The van der Waals surface area contributed by atoms with Crippen molar-refractivity contribution in [2.75, 3.05) is 5.32 Å². The summed E-state index contributed by atoms with van der Waals surface area (Å²) in [4.78, 5) is 9.06. The first kappa shape index (κ1) is 23.3. The van der Waals surface area contributed by atoms with Crippen LogP contribution >= 0.6 is 0 Å². The number of aromatic hydroxyl groups is 1. The van der Waals surface area contributed by atoms with Crippen LogP contribution < -0.4 is 11.1 Å². The number of aryl methyl sites for hydroxylation is 3. The maximum atomic E-state index is 10.3. The minimum absolute atomic E-state index is 0.0295. The molecule has 1 fully saturated rings. The van der Waals surface area contributed by atoms with Gasteiger partial charge in [0.2, 0.25) is 0 Å². The van der Waals surface area contributed by atoms with Crippen LogP contribution in [0.15, 0.2) is 48.5 Å². The highest BCUT2D eigenvalue weighted by Gasteiger charge is 2.21. The molecular weight excluding hydrogens is 398 g/mol. The first-order chi connectivity index (χ1) is 15.3. The quantitative estimate of drug-likeness (QED) is 0.305. The van der Waals surface area contributed by atoms with Crippen molar-refractivity contribution in [2.24, 2.45) is 5.73 Å². The van der Waals surface area contributed by atoms with Crippen LogP contribution in [0, 0.1) is 26.2 Å². The minimum Gasteiger partial charge on any atom is -0.503 e. The van der Waals surface area contributed by atoms with Gasteiger partial charge in [0.25, 0.3) is 0 Å². The minimum atomic E-state index is 0.0295. The average Bonchev–Trinajstić information content (AvgIpc) is 2.80. The molecule has 0 saturated heterocycles. The molecule has 0 unspecified atom stereocenters. The van der Waals surface area contributed by atoms with E-state index in [2.05, 4.69) is 53.4 Å². The van der Waals surface area contributed by atoms with Gasteiger partial charge < -0.3 is 16.2 Å². The Morgan fingerprint density at radius 1 is 0.906 bits per heavy atom. The molecule has 1 saturated carbocycles. The van der Waals surface area contributed by atoms with Crippen molar-refractivity contribution >= 4 is 17.3 Å². The molecule has 6 nitrogen and oxygen atoms in total. The van der Waals surface area contributed by atoms with E-state index >= 15 is 0 Å². The Morgan fingerprint density at radius 2 is 1.47 bits per heavy atom. The summed E-state index contributed by atoms with van der Waals surface area (Å²) in [7, 11) is 0. The summed E-state index contributed by atoms with van der Waals surface area (Å²) in [6, 6.07) is 15.6. The lowest BCUT2D eigenvalue weighted by Gasteiger charge is -2.21. The van der Waals surface area contributed by atoms with E-state index in [-0.39, 0.29) is 11.6 Å². The van der Waals surface area contributed by atoms with Gasteiger partial charge >= 0.3 is 0 Å². The van der Waals surface area contributed by atoms with Crippen molar-refractivity contribution in [3.05, 3.63) is 76.7 Å². The number of benzene rings is 2. The lowest BCUT2D eigenvalue weighted by Crippen LogP contribution is -2.12. The zero-order valence-electron chi connectivity index (χ0n) is 19.2. The molecule has 1 heterocycles. The first-order valence-corrected chi connectivity index (χ1v) is 11.2. The third-order valence-corrected chi connectivity index (χ3v) is 5.72. The molecule has 168 valence electrons. The zero-order chi connectivity index (χ0) is 23.1. The molecule has 3 aromatic rings. The van der Waals surface area contributed by atoms with Gasteiger partial charge in [-0.15, -0.1) is 0 Å². The number of nitrogens with zero attached hydrogens (tertiary/aromatic N) is 2. The van der Waals surface area contributed by atoms with Crippen molar-refractivity contribution in [1.29, 1.82) is 5.41 Å².